The third kappa shape index (κ3) is 2.47. The van der Waals surface area contributed by atoms with Crippen LogP contribution in [0.4, 0.5) is 11.4 Å². The van der Waals surface area contributed by atoms with Gasteiger partial charge in [-0.2, -0.15) is 0 Å². The van der Waals surface area contributed by atoms with Crippen LogP contribution in [0.3, 0.4) is 0 Å². The fourth-order valence-corrected chi connectivity index (χ4v) is 3.80. The highest BCUT2D eigenvalue weighted by Gasteiger charge is 2.43. The molecule has 2 aliphatic heterocycles. The molecule has 2 unspecified atom stereocenters. The number of fused-ring (bicyclic) bond motifs is 3. The fraction of sp³-hybridized carbons (Fsp3) is 0.238. The Labute approximate surface area is 152 Å². The monoisotopic (exact) mass is 348 g/mol. The molecule has 2 aromatic carbocycles. The average molecular weight is 348 g/mol. The Bertz CT molecular complexity index is 888. The molecule has 0 saturated heterocycles. The standard InChI is InChI=1S/C21H20N2O3/c1-3-26-21(25)14-8-10-15(11-9-14)23-19(24)13-12-18-20(23)16-6-4-5-7-17(16)22(18)2/h4-13,18,20H,3H2,1-2H3. The molecule has 132 valence electrons. The number of rotatable bonds is 3. The molecule has 0 aliphatic carbocycles. The molecule has 0 bridgehead atoms. The predicted molar refractivity (Wildman–Crippen MR) is 100 cm³/mol. The number of likely N-dealkylation sites (N-methyl/N-ethyl adjacent to an activating group) is 1. The number of carbonyl (C=O) groups is 2. The van der Waals surface area contributed by atoms with Gasteiger partial charge >= 0.3 is 5.97 Å². The zero-order valence-electron chi connectivity index (χ0n) is 14.8. The Balaban J connectivity index is 1.73. The van der Waals surface area contributed by atoms with Gasteiger partial charge in [0.15, 0.2) is 0 Å². The van der Waals surface area contributed by atoms with Crippen LogP contribution in [0.2, 0.25) is 0 Å². The Morgan fingerprint density at radius 2 is 1.85 bits per heavy atom. The van der Waals surface area contributed by atoms with Crippen molar-refractivity contribution in [2.24, 2.45) is 0 Å². The fourth-order valence-electron chi connectivity index (χ4n) is 3.80. The number of nitrogens with zero attached hydrogens (tertiary/aromatic N) is 2. The lowest BCUT2D eigenvalue weighted by Gasteiger charge is -2.36. The molecule has 2 aromatic rings. The Kier molecular flexibility index (Phi) is 3.99. The zero-order valence-corrected chi connectivity index (χ0v) is 14.8. The van der Waals surface area contributed by atoms with Gasteiger partial charge in [0.25, 0.3) is 5.91 Å². The normalized spacial score (nSPS) is 20.8. The third-order valence-corrected chi connectivity index (χ3v) is 5.01. The number of ether oxygens (including phenoxy) is 1. The van der Waals surface area contributed by atoms with Crippen LogP contribution >= 0.6 is 0 Å². The highest BCUT2D eigenvalue weighted by atomic mass is 16.5. The van der Waals surface area contributed by atoms with E-state index in [1.165, 1.54) is 0 Å². The molecular weight excluding hydrogens is 328 g/mol. The van der Waals surface area contributed by atoms with Gasteiger partial charge in [-0.3, -0.25) is 9.69 Å². The van der Waals surface area contributed by atoms with Crippen molar-refractivity contribution in [3.8, 4) is 0 Å². The number of para-hydroxylation sites is 1. The summed E-state index contributed by atoms with van der Waals surface area (Å²) < 4.78 is 5.03. The minimum absolute atomic E-state index is 0.0553. The number of hydrogen-bond donors (Lipinski definition) is 0. The van der Waals surface area contributed by atoms with Crippen molar-refractivity contribution in [3.63, 3.8) is 0 Å². The van der Waals surface area contributed by atoms with Crippen molar-refractivity contribution in [3.05, 3.63) is 71.8 Å². The number of amides is 1. The largest absolute Gasteiger partial charge is 0.462 e. The van der Waals surface area contributed by atoms with Crippen LogP contribution in [-0.2, 0) is 9.53 Å². The van der Waals surface area contributed by atoms with Crippen molar-refractivity contribution in [1.29, 1.82) is 0 Å². The van der Waals surface area contributed by atoms with E-state index in [2.05, 4.69) is 17.0 Å². The van der Waals surface area contributed by atoms with Crippen molar-refractivity contribution in [2.75, 3.05) is 23.5 Å². The maximum atomic E-state index is 12.7. The van der Waals surface area contributed by atoms with Crippen molar-refractivity contribution >= 4 is 23.3 Å². The third-order valence-electron chi connectivity index (χ3n) is 5.01. The maximum absolute atomic E-state index is 12.7. The summed E-state index contributed by atoms with van der Waals surface area (Å²) in [7, 11) is 2.05. The number of benzene rings is 2. The molecule has 2 heterocycles. The van der Waals surface area contributed by atoms with Crippen molar-refractivity contribution < 1.29 is 14.3 Å². The Morgan fingerprint density at radius 3 is 2.58 bits per heavy atom. The molecule has 26 heavy (non-hydrogen) atoms. The van der Waals surface area contributed by atoms with Gasteiger partial charge in [-0.25, -0.2) is 4.79 Å². The molecule has 4 rings (SSSR count). The summed E-state index contributed by atoms with van der Waals surface area (Å²) in [6, 6.07) is 15.2. The average Bonchev–Trinajstić information content (AvgIpc) is 2.95. The molecule has 2 aliphatic rings. The molecule has 0 fully saturated rings. The first-order valence-electron chi connectivity index (χ1n) is 8.72. The summed E-state index contributed by atoms with van der Waals surface area (Å²) in [6.45, 7) is 2.11. The van der Waals surface area contributed by atoms with Crippen molar-refractivity contribution in [2.45, 2.75) is 19.0 Å². The van der Waals surface area contributed by atoms with E-state index in [1.54, 1.807) is 37.3 Å². The van der Waals surface area contributed by atoms with Crippen LogP contribution in [0.1, 0.15) is 28.9 Å². The minimum Gasteiger partial charge on any atom is -0.462 e. The second-order valence-corrected chi connectivity index (χ2v) is 6.44. The van der Waals surface area contributed by atoms with Gasteiger partial charge in [-0.15, -0.1) is 0 Å². The van der Waals surface area contributed by atoms with Gasteiger partial charge in [0.1, 0.15) is 0 Å². The second kappa shape index (κ2) is 6.33. The van der Waals surface area contributed by atoms with E-state index in [1.807, 2.05) is 30.2 Å². The quantitative estimate of drug-likeness (QED) is 0.799. The highest BCUT2D eigenvalue weighted by Crippen LogP contribution is 2.45. The lowest BCUT2D eigenvalue weighted by Crippen LogP contribution is -2.44. The second-order valence-electron chi connectivity index (χ2n) is 6.44. The van der Waals surface area contributed by atoms with Crippen LogP contribution in [0, 0.1) is 0 Å². The van der Waals surface area contributed by atoms with E-state index < -0.39 is 0 Å². The van der Waals surface area contributed by atoms with E-state index in [0.717, 1.165) is 16.9 Å². The van der Waals surface area contributed by atoms with E-state index in [-0.39, 0.29) is 24.0 Å². The number of carbonyl (C=O) groups excluding carboxylic acids is 2. The number of esters is 1. The maximum Gasteiger partial charge on any atom is 0.338 e. The van der Waals surface area contributed by atoms with E-state index in [0.29, 0.717) is 12.2 Å². The van der Waals surface area contributed by atoms with E-state index in [4.69, 9.17) is 4.74 Å². The van der Waals surface area contributed by atoms with Gasteiger partial charge in [-0.1, -0.05) is 24.3 Å². The Morgan fingerprint density at radius 1 is 1.12 bits per heavy atom. The molecule has 5 heteroatoms. The first-order chi connectivity index (χ1) is 12.6. The lowest BCUT2D eigenvalue weighted by atomic mass is 9.97. The van der Waals surface area contributed by atoms with Gasteiger partial charge in [0, 0.05) is 30.1 Å². The van der Waals surface area contributed by atoms with Crippen molar-refractivity contribution in [1.82, 2.24) is 0 Å². The number of hydrogen-bond acceptors (Lipinski definition) is 4. The molecule has 0 aromatic heterocycles. The molecule has 2 atom stereocenters. The minimum atomic E-state index is -0.354. The summed E-state index contributed by atoms with van der Waals surface area (Å²) in [5, 5.41) is 0. The van der Waals surface area contributed by atoms with E-state index in [9.17, 15) is 9.59 Å². The zero-order chi connectivity index (χ0) is 18.3. The molecule has 5 nitrogen and oxygen atoms in total. The molecule has 0 N–H and O–H groups in total. The molecule has 0 spiro atoms. The van der Waals surface area contributed by atoms with Crippen LogP contribution < -0.4 is 9.80 Å². The van der Waals surface area contributed by atoms with Crippen LogP contribution in [0.15, 0.2) is 60.7 Å². The smallest absolute Gasteiger partial charge is 0.338 e. The summed E-state index contributed by atoms with van der Waals surface area (Å²) in [5.41, 5.74) is 3.52. The first-order valence-corrected chi connectivity index (χ1v) is 8.72. The van der Waals surface area contributed by atoms with E-state index >= 15 is 0 Å². The summed E-state index contributed by atoms with van der Waals surface area (Å²) >= 11 is 0. The highest BCUT2D eigenvalue weighted by molar-refractivity contribution is 6.04. The summed E-state index contributed by atoms with van der Waals surface area (Å²) in [6.07, 6.45) is 3.60. The molecular formula is C21H20N2O3. The molecule has 1 amide bonds. The first kappa shape index (κ1) is 16.4. The van der Waals surface area contributed by atoms with Gasteiger partial charge in [-0.05, 0) is 37.3 Å². The predicted octanol–water partition coefficient (Wildman–Crippen LogP) is 3.33. The topological polar surface area (TPSA) is 49.9 Å². The van der Waals surface area contributed by atoms with Gasteiger partial charge in [0.05, 0.1) is 24.3 Å². The van der Waals surface area contributed by atoms with Crippen LogP contribution in [0.25, 0.3) is 0 Å². The number of anilines is 2. The van der Waals surface area contributed by atoms with Gasteiger partial charge < -0.3 is 9.64 Å². The lowest BCUT2D eigenvalue weighted by molar-refractivity contribution is -0.115. The Hall–Kier alpha value is -3.08. The van der Waals surface area contributed by atoms with Gasteiger partial charge in [0.2, 0.25) is 0 Å². The summed E-state index contributed by atoms with van der Waals surface area (Å²) in [4.78, 5) is 28.6. The summed E-state index contributed by atoms with van der Waals surface area (Å²) in [5.74, 6) is -0.409. The van der Waals surface area contributed by atoms with Crippen LogP contribution in [0.5, 0.6) is 0 Å². The molecule has 0 saturated carbocycles. The van der Waals surface area contributed by atoms with Crippen LogP contribution in [-0.4, -0.2) is 31.6 Å². The molecule has 0 radical (unpaired) electrons. The SMILES string of the molecule is CCOC(=O)c1ccc(N2C(=O)C=CC3C2c2ccccc2N3C)cc1.